The van der Waals surface area contributed by atoms with Crippen LogP contribution in [-0.2, 0) is 30.3 Å². The fourth-order valence-corrected chi connectivity index (χ4v) is 2.10. The summed E-state index contributed by atoms with van der Waals surface area (Å²) in [5.74, 6) is -1.18. The van der Waals surface area contributed by atoms with E-state index in [0.717, 1.165) is 24.0 Å². The first-order valence-electron chi connectivity index (χ1n) is 7.18. The second-order valence-electron chi connectivity index (χ2n) is 6.70. The molecule has 0 unspecified atom stereocenters. The molecular weight excluding hydrogens is 318 g/mol. The maximum absolute atomic E-state index is 11.4. The van der Waals surface area contributed by atoms with Crippen LogP contribution < -0.4 is 0 Å². The molecule has 0 atom stereocenters. The fraction of sp³-hybridized carbons (Fsp3) is 0.588. The fourth-order valence-electron chi connectivity index (χ4n) is 2.10. The minimum atomic E-state index is -1.08. The van der Waals surface area contributed by atoms with Gasteiger partial charge in [-0.2, -0.15) is 0 Å². The van der Waals surface area contributed by atoms with Gasteiger partial charge in [-0.15, -0.1) is 0 Å². The topological polar surface area (TPSA) is 57.5 Å². The Kier molecular flexibility index (Phi) is 6.62. The predicted molar refractivity (Wildman–Crippen MR) is 81.7 cm³/mol. The van der Waals surface area contributed by atoms with E-state index < -0.39 is 5.97 Å². The quantitative estimate of drug-likeness (QED) is 0.776. The molecule has 3 nitrogen and oxygen atoms in total. The Balaban J connectivity index is 0.00000400. The standard InChI is InChI=1S/C17H26O3.Zn/c1-7-16(3,4)11-9-12(15(19)20)14(18)13(10-11)17(5,6)8-2;/h9-10,18H,7-8H2,1-6H3,(H,19,20);. The summed E-state index contributed by atoms with van der Waals surface area (Å²) in [5.41, 5.74) is 1.31. The molecular formula is C17H26O3Zn. The van der Waals surface area contributed by atoms with Crippen molar-refractivity contribution >= 4 is 5.97 Å². The molecule has 0 saturated heterocycles. The van der Waals surface area contributed by atoms with Crippen LogP contribution in [-0.4, -0.2) is 16.2 Å². The Bertz CT molecular complexity index is 519. The van der Waals surface area contributed by atoms with E-state index in [0.29, 0.717) is 0 Å². The van der Waals surface area contributed by atoms with Crippen molar-refractivity contribution in [3.8, 4) is 5.75 Å². The molecule has 2 N–H and O–H groups in total. The Morgan fingerprint density at radius 2 is 1.52 bits per heavy atom. The number of carbonyl (C=O) groups is 1. The monoisotopic (exact) mass is 342 g/mol. The van der Waals surface area contributed by atoms with E-state index >= 15 is 0 Å². The van der Waals surface area contributed by atoms with Gasteiger partial charge < -0.3 is 10.2 Å². The van der Waals surface area contributed by atoms with Gasteiger partial charge in [-0.25, -0.2) is 4.79 Å². The SMILES string of the molecule is CCC(C)(C)c1cc(C(=O)O)c(O)c(C(C)(C)CC)c1.[Zn]. The van der Waals surface area contributed by atoms with E-state index in [1.54, 1.807) is 6.07 Å². The summed E-state index contributed by atoms with van der Waals surface area (Å²) in [6.07, 6.45) is 1.73. The molecule has 0 fully saturated rings. The van der Waals surface area contributed by atoms with E-state index in [4.69, 9.17) is 0 Å². The molecule has 1 aromatic carbocycles. The number of phenols is 1. The first-order valence-corrected chi connectivity index (χ1v) is 7.18. The molecule has 4 heteroatoms. The van der Waals surface area contributed by atoms with Gasteiger partial charge in [-0.3, -0.25) is 0 Å². The average Bonchev–Trinajstić information content (AvgIpc) is 2.38. The second-order valence-corrected chi connectivity index (χ2v) is 6.70. The molecule has 0 amide bonds. The molecule has 1 rings (SSSR count). The van der Waals surface area contributed by atoms with Crippen molar-refractivity contribution in [2.24, 2.45) is 0 Å². The number of aromatic carboxylic acids is 1. The Labute approximate surface area is 140 Å². The molecule has 0 aliphatic rings. The van der Waals surface area contributed by atoms with E-state index in [1.165, 1.54) is 0 Å². The van der Waals surface area contributed by atoms with Gasteiger partial charge in [-0.05, 0) is 35.3 Å². The van der Waals surface area contributed by atoms with Gasteiger partial charge in [0.15, 0.2) is 0 Å². The van der Waals surface area contributed by atoms with E-state index in [9.17, 15) is 15.0 Å². The maximum Gasteiger partial charge on any atom is 0.339 e. The van der Waals surface area contributed by atoms with E-state index in [1.807, 2.05) is 26.8 Å². The molecule has 114 valence electrons. The molecule has 1 aromatic rings. The minimum Gasteiger partial charge on any atom is -0.507 e. The Hall–Kier alpha value is -0.887. The largest absolute Gasteiger partial charge is 0.507 e. The molecule has 0 aliphatic carbocycles. The molecule has 0 heterocycles. The summed E-state index contributed by atoms with van der Waals surface area (Å²) >= 11 is 0. The number of carboxylic acids is 1. The zero-order valence-corrected chi connectivity index (χ0v) is 17.0. The van der Waals surface area contributed by atoms with Crippen molar-refractivity contribution in [3.63, 3.8) is 0 Å². The van der Waals surface area contributed by atoms with E-state index in [-0.39, 0.29) is 41.6 Å². The molecule has 0 saturated carbocycles. The Morgan fingerprint density at radius 3 is 1.90 bits per heavy atom. The van der Waals surface area contributed by atoms with Crippen LogP contribution in [0.25, 0.3) is 0 Å². The summed E-state index contributed by atoms with van der Waals surface area (Å²) in [6, 6.07) is 3.57. The maximum atomic E-state index is 11.4. The van der Waals surface area contributed by atoms with Gasteiger partial charge in [0, 0.05) is 25.0 Å². The minimum absolute atomic E-state index is 0. The molecule has 0 bridgehead atoms. The van der Waals surface area contributed by atoms with Gasteiger partial charge in [0.05, 0.1) is 0 Å². The van der Waals surface area contributed by atoms with Crippen LogP contribution in [0.3, 0.4) is 0 Å². The first-order chi connectivity index (χ1) is 9.06. The number of aromatic hydroxyl groups is 1. The van der Waals surface area contributed by atoms with Gasteiger partial charge in [0.2, 0.25) is 0 Å². The van der Waals surface area contributed by atoms with Crippen LogP contribution in [0.2, 0.25) is 0 Å². The number of benzene rings is 1. The second kappa shape index (κ2) is 6.92. The van der Waals surface area contributed by atoms with Crippen molar-refractivity contribution < 1.29 is 34.5 Å². The van der Waals surface area contributed by atoms with Gasteiger partial charge in [-0.1, -0.05) is 47.6 Å². The van der Waals surface area contributed by atoms with Crippen LogP contribution in [0, 0.1) is 0 Å². The van der Waals surface area contributed by atoms with Gasteiger partial charge in [0.1, 0.15) is 11.3 Å². The third-order valence-corrected chi connectivity index (χ3v) is 4.62. The van der Waals surface area contributed by atoms with Crippen molar-refractivity contribution in [2.75, 3.05) is 0 Å². The van der Waals surface area contributed by atoms with Crippen LogP contribution in [0.1, 0.15) is 75.9 Å². The summed E-state index contributed by atoms with van der Waals surface area (Å²) in [4.78, 5) is 11.4. The van der Waals surface area contributed by atoms with Crippen LogP contribution in [0.4, 0.5) is 0 Å². The molecule has 0 radical (unpaired) electrons. The summed E-state index contributed by atoms with van der Waals surface area (Å²) in [7, 11) is 0. The zero-order chi connectivity index (χ0) is 15.7. The number of hydrogen-bond donors (Lipinski definition) is 2. The summed E-state index contributed by atoms with van der Waals surface area (Å²) in [6.45, 7) is 12.4. The zero-order valence-electron chi connectivity index (χ0n) is 14.1. The van der Waals surface area contributed by atoms with Crippen LogP contribution in [0.15, 0.2) is 12.1 Å². The van der Waals surface area contributed by atoms with Gasteiger partial charge in [0.25, 0.3) is 0 Å². The van der Waals surface area contributed by atoms with Crippen molar-refractivity contribution in [2.45, 2.75) is 65.2 Å². The Morgan fingerprint density at radius 1 is 1.05 bits per heavy atom. The van der Waals surface area contributed by atoms with Gasteiger partial charge >= 0.3 is 5.97 Å². The third-order valence-electron chi connectivity index (χ3n) is 4.62. The first kappa shape index (κ1) is 20.1. The van der Waals surface area contributed by atoms with Crippen molar-refractivity contribution in [3.05, 3.63) is 28.8 Å². The average molecular weight is 344 g/mol. The molecule has 0 aliphatic heterocycles. The van der Waals surface area contributed by atoms with E-state index in [2.05, 4.69) is 20.8 Å². The number of carboxylic acid groups (broad SMARTS) is 1. The summed E-state index contributed by atoms with van der Waals surface area (Å²) < 4.78 is 0. The van der Waals surface area contributed by atoms with Crippen molar-refractivity contribution in [1.29, 1.82) is 0 Å². The normalized spacial score (nSPS) is 11.9. The predicted octanol–water partition coefficient (Wildman–Crippen LogP) is 4.46. The smallest absolute Gasteiger partial charge is 0.339 e. The molecule has 21 heavy (non-hydrogen) atoms. The van der Waals surface area contributed by atoms with Crippen LogP contribution in [0.5, 0.6) is 5.75 Å². The van der Waals surface area contributed by atoms with Crippen LogP contribution >= 0.6 is 0 Å². The number of rotatable bonds is 5. The number of hydrogen-bond acceptors (Lipinski definition) is 2. The molecule has 0 aromatic heterocycles. The third kappa shape index (κ3) is 4.06. The molecule has 0 spiro atoms. The summed E-state index contributed by atoms with van der Waals surface area (Å²) in [5, 5.41) is 19.6. The van der Waals surface area contributed by atoms with Crippen molar-refractivity contribution in [1.82, 2.24) is 0 Å².